The molecule has 6 nitrogen and oxygen atoms in total. The zero-order valence-corrected chi connectivity index (χ0v) is 50.5. The fourth-order valence-corrected chi connectivity index (χ4v) is 14.2. The summed E-state index contributed by atoms with van der Waals surface area (Å²) in [6.45, 7) is 0. The third-order valence-electron chi connectivity index (χ3n) is 18.5. The molecule has 14 aromatic carbocycles. The second-order valence-corrected chi connectivity index (χ2v) is 23.9. The molecule has 18 rings (SSSR count). The average Bonchev–Trinajstić information content (AvgIpc) is 1.61. The largest absolute Gasteiger partial charge is 0.309 e. The van der Waals surface area contributed by atoms with Gasteiger partial charge in [-0.05, 0) is 136 Å². The van der Waals surface area contributed by atoms with Gasteiger partial charge in [0.05, 0.1) is 38.8 Å². The van der Waals surface area contributed by atoms with Crippen molar-refractivity contribution in [1.29, 1.82) is 0 Å². The van der Waals surface area contributed by atoms with E-state index in [1.807, 2.05) is 0 Å². The Morgan fingerprint density at radius 3 is 0.839 bits per heavy atom. The van der Waals surface area contributed by atoms with E-state index in [2.05, 4.69) is 353 Å². The fraction of sp³-hybridized carbons (Fsp3) is 0. The molecule has 0 aliphatic rings. The molecule has 0 fully saturated rings. The summed E-state index contributed by atoms with van der Waals surface area (Å²) in [5.74, 6) is 1.71. The van der Waals surface area contributed by atoms with Gasteiger partial charge in [-0.15, -0.1) is 0 Å². The highest BCUT2D eigenvalue weighted by molar-refractivity contribution is 6.15. The summed E-state index contributed by atoms with van der Waals surface area (Å²) in [6, 6.07) is 122. The number of aromatic nitrogens is 6. The number of rotatable bonds is 11. The lowest BCUT2D eigenvalue weighted by Gasteiger charge is -2.21. The van der Waals surface area contributed by atoms with Gasteiger partial charge in [0.1, 0.15) is 0 Å². The van der Waals surface area contributed by atoms with Crippen molar-refractivity contribution in [3.63, 3.8) is 0 Å². The van der Waals surface area contributed by atoms with Crippen LogP contribution in [0.2, 0.25) is 0 Å². The Bertz CT molecular complexity index is 5490. The molecule has 434 valence electrons. The highest BCUT2D eigenvalue weighted by Crippen LogP contribution is 2.46. The number of fused-ring (bicyclic) bond motifs is 9. The van der Waals surface area contributed by atoms with Crippen molar-refractivity contribution in [2.75, 3.05) is 0 Å². The Morgan fingerprint density at radius 1 is 0.172 bits per heavy atom. The van der Waals surface area contributed by atoms with E-state index in [0.29, 0.717) is 17.5 Å². The van der Waals surface area contributed by atoms with Gasteiger partial charge in [0, 0.05) is 71.5 Å². The van der Waals surface area contributed by atoms with Crippen molar-refractivity contribution >= 4 is 65.4 Å². The lowest BCUT2D eigenvalue weighted by molar-refractivity contribution is 1.07. The van der Waals surface area contributed by atoms with Crippen molar-refractivity contribution in [2.24, 2.45) is 0 Å². The summed E-state index contributed by atoms with van der Waals surface area (Å²) in [6.07, 6.45) is 0. The predicted octanol–water partition coefficient (Wildman–Crippen LogP) is 22.5. The molecular formula is C87H56N6. The Morgan fingerprint density at radius 2 is 0.452 bits per heavy atom. The van der Waals surface area contributed by atoms with Crippen molar-refractivity contribution in [1.82, 2.24) is 28.7 Å². The predicted molar refractivity (Wildman–Crippen MR) is 386 cm³/mol. The van der Waals surface area contributed by atoms with E-state index in [-0.39, 0.29) is 0 Å². The molecule has 93 heavy (non-hydrogen) atoms. The highest BCUT2D eigenvalue weighted by atomic mass is 15.0. The van der Waals surface area contributed by atoms with Crippen LogP contribution in [-0.4, -0.2) is 28.7 Å². The molecule has 0 unspecified atom stereocenters. The number of para-hydroxylation sites is 4. The quantitative estimate of drug-likeness (QED) is 0.130. The smallest absolute Gasteiger partial charge is 0.164 e. The first-order chi connectivity index (χ1) is 46.1. The van der Waals surface area contributed by atoms with Gasteiger partial charge >= 0.3 is 0 Å². The zero-order chi connectivity index (χ0) is 61.3. The van der Waals surface area contributed by atoms with Crippen molar-refractivity contribution in [3.05, 3.63) is 340 Å². The maximum Gasteiger partial charge on any atom is 0.164 e. The third-order valence-corrected chi connectivity index (χ3v) is 18.5. The van der Waals surface area contributed by atoms with Crippen LogP contribution in [0.25, 0.3) is 172 Å². The molecule has 0 saturated heterocycles. The summed E-state index contributed by atoms with van der Waals surface area (Å²) in [7, 11) is 0. The van der Waals surface area contributed by atoms with E-state index < -0.39 is 0 Å². The number of benzene rings is 14. The normalized spacial score (nSPS) is 11.7. The molecule has 0 spiro atoms. The highest BCUT2D eigenvalue weighted by Gasteiger charge is 2.26. The van der Waals surface area contributed by atoms with E-state index in [4.69, 9.17) is 15.0 Å². The van der Waals surface area contributed by atoms with E-state index >= 15 is 0 Å². The first-order valence-corrected chi connectivity index (χ1v) is 31.7. The van der Waals surface area contributed by atoms with E-state index in [1.165, 1.54) is 21.5 Å². The van der Waals surface area contributed by atoms with E-state index in [1.54, 1.807) is 0 Å². The molecule has 4 heterocycles. The van der Waals surface area contributed by atoms with Crippen LogP contribution in [0.5, 0.6) is 0 Å². The first kappa shape index (κ1) is 53.5. The molecule has 4 aromatic heterocycles. The van der Waals surface area contributed by atoms with Gasteiger partial charge in [-0.1, -0.05) is 249 Å². The third kappa shape index (κ3) is 9.22. The number of nitrogens with zero attached hydrogens (tertiary/aromatic N) is 6. The number of hydrogen-bond acceptors (Lipinski definition) is 3. The maximum atomic E-state index is 5.62. The van der Waals surface area contributed by atoms with Gasteiger partial charge < -0.3 is 13.7 Å². The number of hydrogen-bond donors (Lipinski definition) is 0. The average molecular weight is 1190 g/mol. The summed E-state index contributed by atoms with van der Waals surface area (Å²) in [5, 5.41) is 7.15. The molecule has 6 heteroatoms. The summed E-state index contributed by atoms with van der Waals surface area (Å²) >= 11 is 0. The van der Waals surface area contributed by atoms with Crippen LogP contribution in [-0.2, 0) is 0 Å². The minimum absolute atomic E-state index is 0.559. The topological polar surface area (TPSA) is 53.5 Å². The van der Waals surface area contributed by atoms with Crippen molar-refractivity contribution in [2.45, 2.75) is 0 Å². The Labute approximate surface area is 537 Å². The fourth-order valence-electron chi connectivity index (χ4n) is 14.2. The van der Waals surface area contributed by atoms with Crippen LogP contribution < -0.4 is 0 Å². The van der Waals surface area contributed by atoms with Gasteiger partial charge in [-0.3, -0.25) is 0 Å². The van der Waals surface area contributed by atoms with Crippen LogP contribution in [0.1, 0.15) is 0 Å². The van der Waals surface area contributed by atoms with Crippen molar-refractivity contribution < 1.29 is 0 Å². The second kappa shape index (κ2) is 22.2. The Kier molecular flexibility index (Phi) is 12.8. The molecule has 0 saturated carbocycles. The van der Waals surface area contributed by atoms with Crippen LogP contribution in [0.3, 0.4) is 0 Å². The minimum atomic E-state index is 0.559. The minimum Gasteiger partial charge on any atom is -0.309 e. The lowest BCUT2D eigenvalue weighted by atomic mass is 9.92. The van der Waals surface area contributed by atoms with Crippen LogP contribution in [0.4, 0.5) is 0 Å². The summed E-state index contributed by atoms with van der Waals surface area (Å²) in [5.41, 5.74) is 23.4. The second-order valence-electron chi connectivity index (χ2n) is 23.9. The molecule has 0 amide bonds. The molecule has 0 N–H and O–H groups in total. The molecule has 0 atom stereocenters. The van der Waals surface area contributed by atoms with Gasteiger partial charge in [0.2, 0.25) is 0 Å². The summed E-state index contributed by atoms with van der Waals surface area (Å²) in [4.78, 5) is 16.6. The van der Waals surface area contributed by atoms with Gasteiger partial charge in [-0.25, -0.2) is 15.0 Å². The molecule has 0 radical (unpaired) electrons. The molecule has 18 aromatic rings. The standard InChI is InChI=1S/C87H56N6/c1-6-24-57(25-7-1)60-42-44-63(45-43-60)85-88-86(66-51-64(58-26-8-2-9-27-58)50-65(52-66)59-28-10-3-11-29-59)90-87(89-85)67-53-74(61-30-12-4-13-31-61)84(75(54-67)62-32-14-5-15-33-62)93-82-48-46-68(91-78-38-20-16-34-70(78)71-35-17-21-39-79(71)91)55-76(82)77-56-69(47-49-83(77)93)92-80-40-22-18-36-72(80)73-37-19-23-41-81(73)92/h1-56H. The van der Waals surface area contributed by atoms with Gasteiger partial charge in [0.25, 0.3) is 0 Å². The first-order valence-electron chi connectivity index (χ1n) is 31.7. The Hall–Kier alpha value is -12.5. The molecule has 0 bridgehead atoms. The SMILES string of the molecule is c1ccc(-c2ccc(-c3nc(-c4cc(-c5ccccc5)cc(-c5ccccc5)c4)nc(-c4cc(-c5ccccc5)c(-n5c6ccc(-n7c8ccccc8c8ccccc87)cc6c6cc(-n7c8ccccc8c8ccccc87)ccc65)c(-c5ccccc5)c4)n3)cc2)cc1. The molecular weight excluding hydrogens is 1130 g/mol. The monoisotopic (exact) mass is 1180 g/mol. The molecule has 0 aliphatic carbocycles. The zero-order valence-electron chi connectivity index (χ0n) is 50.5. The van der Waals surface area contributed by atoms with E-state index in [0.717, 1.165) is 133 Å². The Balaban J connectivity index is 0.915. The maximum absolute atomic E-state index is 5.62. The van der Waals surface area contributed by atoms with Gasteiger partial charge in [0.15, 0.2) is 17.5 Å². The molecule has 0 aliphatic heterocycles. The van der Waals surface area contributed by atoms with Crippen molar-refractivity contribution in [3.8, 4) is 107 Å². The van der Waals surface area contributed by atoms with E-state index in [9.17, 15) is 0 Å². The lowest BCUT2D eigenvalue weighted by Crippen LogP contribution is -2.04. The van der Waals surface area contributed by atoms with Gasteiger partial charge in [-0.2, -0.15) is 0 Å². The van der Waals surface area contributed by atoms with Crippen LogP contribution in [0.15, 0.2) is 340 Å². The van der Waals surface area contributed by atoms with Crippen LogP contribution >= 0.6 is 0 Å². The van der Waals surface area contributed by atoms with Crippen LogP contribution in [0, 0.1) is 0 Å². The summed E-state index contributed by atoms with van der Waals surface area (Å²) < 4.78 is 7.38.